The first kappa shape index (κ1) is 34.8. The predicted octanol–water partition coefficient (Wildman–Crippen LogP) is 4.96. The highest BCUT2D eigenvalue weighted by molar-refractivity contribution is 7.89. The number of hydrogen-bond donors (Lipinski definition) is 4. The number of ether oxygens (including phenoxy) is 1. The van der Waals surface area contributed by atoms with Crippen molar-refractivity contribution in [2.75, 3.05) is 11.9 Å². The van der Waals surface area contributed by atoms with E-state index >= 15 is 0 Å². The maximum Gasteiger partial charge on any atom is 0.411 e. The van der Waals surface area contributed by atoms with Gasteiger partial charge in [-0.15, -0.1) is 0 Å². The van der Waals surface area contributed by atoms with Gasteiger partial charge in [0.1, 0.15) is 0 Å². The first-order chi connectivity index (χ1) is 20.5. The van der Waals surface area contributed by atoms with Gasteiger partial charge in [-0.25, -0.2) is 18.4 Å². The van der Waals surface area contributed by atoms with Gasteiger partial charge in [-0.2, -0.15) is 0 Å². The standard InChI is InChI=1S/C29H30Cl3N5O6S/c1-17(2)15-37(16-19-9-6-10-22(25(33)43-28(34)40)23(19)14-29(30,31)32)27(39)26(38)36-20-11-12-21(18-7-4-3-5-8-18)24(13-20)44(35,41)42/h3-13,17,33H,14-16H2,1-2H3,(H2,34,40)(H,36,38)(H2,35,41,42). The third-order valence-electron chi connectivity index (χ3n) is 6.16. The number of nitrogens with zero attached hydrogens (tertiary/aromatic N) is 1. The molecule has 0 heterocycles. The Bertz CT molecular complexity index is 1680. The average molecular weight is 683 g/mol. The van der Waals surface area contributed by atoms with Gasteiger partial charge in [-0.05, 0) is 40.8 Å². The van der Waals surface area contributed by atoms with Gasteiger partial charge in [0.2, 0.25) is 15.9 Å². The highest BCUT2D eigenvalue weighted by Gasteiger charge is 2.29. The van der Waals surface area contributed by atoms with Crippen LogP contribution in [-0.4, -0.2) is 47.5 Å². The molecule has 0 radical (unpaired) electrons. The Labute approximate surface area is 270 Å². The van der Waals surface area contributed by atoms with Gasteiger partial charge in [0.05, 0.1) is 4.90 Å². The van der Waals surface area contributed by atoms with Crippen LogP contribution in [0.25, 0.3) is 11.1 Å². The molecular weight excluding hydrogens is 653 g/mol. The third kappa shape index (κ3) is 9.66. The Hall–Kier alpha value is -3.68. The molecule has 0 aromatic heterocycles. The molecule has 3 aromatic rings. The van der Waals surface area contributed by atoms with Crippen molar-refractivity contribution < 1.29 is 27.5 Å². The molecule has 6 N–H and O–H groups in total. The van der Waals surface area contributed by atoms with E-state index in [4.69, 9.17) is 55.8 Å². The van der Waals surface area contributed by atoms with Crippen molar-refractivity contribution in [1.82, 2.24) is 4.90 Å². The molecule has 11 nitrogen and oxygen atoms in total. The summed E-state index contributed by atoms with van der Waals surface area (Å²) in [5, 5.41) is 16.1. The van der Waals surface area contributed by atoms with Crippen molar-refractivity contribution in [2.45, 2.75) is 35.5 Å². The molecule has 0 spiro atoms. The Balaban J connectivity index is 1.96. The van der Waals surface area contributed by atoms with Crippen LogP contribution in [0.5, 0.6) is 0 Å². The lowest BCUT2D eigenvalue weighted by Gasteiger charge is -2.27. The van der Waals surface area contributed by atoms with Crippen LogP contribution in [0, 0.1) is 11.3 Å². The number of amides is 3. The van der Waals surface area contributed by atoms with Crippen molar-refractivity contribution in [3.63, 3.8) is 0 Å². The number of hydrogen-bond acceptors (Lipinski definition) is 7. The van der Waals surface area contributed by atoms with Crippen LogP contribution < -0.4 is 16.2 Å². The average Bonchev–Trinajstić information content (AvgIpc) is 2.91. The van der Waals surface area contributed by atoms with Crippen molar-refractivity contribution in [2.24, 2.45) is 16.8 Å². The number of carbonyl (C=O) groups is 3. The SMILES string of the molecule is CC(C)CN(Cc1cccc(C(=N)OC(N)=O)c1CC(Cl)(Cl)Cl)C(=O)C(=O)Nc1ccc(-c2ccccc2)c(S(N)(=O)=O)c1. The molecule has 3 rings (SSSR count). The Morgan fingerprint density at radius 1 is 1.02 bits per heavy atom. The molecule has 0 unspecified atom stereocenters. The highest BCUT2D eigenvalue weighted by Crippen LogP contribution is 2.34. The molecule has 0 aliphatic rings. The van der Waals surface area contributed by atoms with Gasteiger partial charge in [-0.3, -0.25) is 15.0 Å². The number of halogens is 3. The van der Waals surface area contributed by atoms with Crippen LogP contribution in [0.1, 0.15) is 30.5 Å². The molecule has 15 heteroatoms. The molecule has 234 valence electrons. The summed E-state index contributed by atoms with van der Waals surface area (Å²) in [5.74, 6) is -2.64. The number of carbonyl (C=O) groups excluding carboxylic acids is 3. The molecule has 3 aromatic carbocycles. The second kappa shape index (κ2) is 14.4. The largest absolute Gasteiger partial charge is 0.411 e. The van der Waals surface area contributed by atoms with Crippen molar-refractivity contribution in [3.8, 4) is 11.1 Å². The maximum atomic E-state index is 13.5. The summed E-state index contributed by atoms with van der Waals surface area (Å²) in [7, 11) is -4.21. The maximum absolute atomic E-state index is 13.5. The number of primary sulfonamides is 1. The fraction of sp³-hybridized carbons (Fsp3) is 0.241. The molecule has 0 saturated carbocycles. The lowest BCUT2D eigenvalue weighted by atomic mass is 9.97. The number of nitrogens with two attached hydrogens (primary N) is 2. The van der Waals surface area contributed by atoms with Crippen LogP contribution >= 0.6 is 34.8 Å². The van der Waals surface area contributed by atoms with Gasteiger partial charge in [0, 0.05) is 36.3 Å². The molecule has 3 amide bonds. The van der Waals surface area contributed by atoms with Crippen LogP contribution in [0.2, 0.25) is 0 Å². The molecule has 0 bridgehead atoms. The van der Waals surface area contributed by atoms with Crippen LogP contribution in [0.3, 0.4) is 0 Å². The van der Waals surface area contributed by atoms with Crippen LogP contribution in [0.15, 0.2) is 71.6 Å². The van der Waals surface area contributed by atoms with E-state index in [-0.39, 0.29) is 47.1 Å². The van der Waals surface area contributed by atoms with E-state index in [9.17, 15) is 22.8 Å². The first-order valence-corrected chi connectivity index (χ1v) is 15.7. The van der Waals surface area contributed by atoms with E-state index in [2.05, 4.69) is 5.32 Å². The van der Waals surface area contributed by atoms with Crippen molar-refractivity contribution in [3.05, 3.63) is 83.4 Å². The zero-order valence-electron chi connectivity index (χ0n) is 23.6. The highest BCUT2D eigenvalue weighted by atomic mass is 35.6. The van der Waals surface area contributed by atoms with E-state index in [0.29, 0.717) is 16.7 Å². The quantitative estimate of drug-likeness (QED) is 0.107. The van der Waals surface area contributed by atoms with Gasteiger partial charge < -0.3 is 20.7 Å². The number of nitrogens with one attached hydrogen (secondary N) is 2. The minimum absolute atomic E-state index is 0.0347. The van der Waals surface area contributed by atoms with Crippen molar-refractivity contribution in [1.29, 1.82) is 5.41 Å². The van der Waals surface area contributed by atoms with Crippen LogP contribution in [0.4, 0.5) is 10.5 Å². The summed E-state index contributed by atoms with van der Waals surface area (Å²) >= 11 is 18.2. The normalized spacial score (nSPS) is 11.6. The number of anilines is 1. The fourth-order valence-corrected chi connectivity index (χ4v) is 5.63. The van der Waals surface area contributed by atoms with E-state index in [1.54, 1.807) is 42.5 Å². The fourth-order valence-electron chi connectivity index (χ4n) is 4.45. The molecule has 0 atom stereocenters. The van der Waals surface area contributed by atoms with Gasteiger partial charge in [0.25, 0.3) is 0 Å². The second-order valence-electron chi connectivity index (χ2n) is 10.1. The monoisotopic (exact) mass is 681 g/mol. The summed E-state index contributed by atoms with van der Waals surface area (Å²) in [5.41, 5.74) is 6.83. The molecular formula is C29H30Cl3N5O6S. The Morgan fingerprint density at radius 2 is 1.68 bits per heavy atom. The molecule has 0 saturated heterocycles. The zero-order chi connectivity index (χ0) is 32.8. The van der Waals surface area contributed by atoms with Gasteiger partial charge in [0.15, 0.2) is 3.79 Å². The lowest BCUT2D eigenvalue weighted by Crippen LogP contribution is -2.41. The second-order valence-corrected chi connectivity index (χ2v) is 14.2. The van der Waals surface area contributed by atoms with Crippen molar-refractivity contribution >= 4 is 74.3 Å². The van der Waals surface area contributed by atoms with Crippen LogP contribution in [-0.2, 0) is 37.3 Å². The van der Waals surface area contributed by atoms with E-state index in [1.165, 1.54) is 29.2 Å². The number of sulfonamides is 1. The summed E-state index contributed by atoms with van der Waals surface area (Å²) in [4.78, 5) is 39.0. The molecule has 0 aliphatic carbocycles. The van der Waals surface area contributed by atoms with E-state index in [0.717, 1.165) is 0 Å². The third-order valence-corrected chi connectivity index (χ3v) is 7.51. The van der Waals surface area contributed by atoms with Gasteiger partial charge >= 0.3 is 17.9 Å². The number of alkyl halides is 3. The first-order valence-electron chi connectivity index (χ1n) is 13.0. The Morgan fingerprint density at radius 3 is 2.25 bits per heavy atom. The molecule has 44 heavy (non-hydrogen) atoms. The van der Waals surface area contributed by atoms with E-state index in [1.807, 2.05) is 13.8 Å². The topological polar surface area (TPSA) is 186 Å². The summed E-state index contributed by atoms with van der Waals surface area (Å²) in [6, 6.07) is 17.4. The number of rotatable bonds is 9. The Kier molecular flexibility index (Phi) is 11.4. The zero-order valence-corrected chi connectivity index (χ0v) is 26.7. The number of benzene rings is 3. The summed E-state index contributed by atoms with van der Waals surface area (Å²) < 4.78 is 27.7. The smallest absolute Gasteiger partial charge is 0.391 e. The minimum Gasteiger partial charge on any atom is -0.391 e. The minimum atomic E-state index is -4.21. The summed E-state index contributed by atoms with van der Waals surface area (Å²) in [6.07, 6.45) is -1.44. The molecule has 0 fully saturated rings. The van der Waals surface area contributed by atoms with Gasteiger partial charge in [-0.1, -0.05) is 97.2 Å². The van der Waals surface area contributed by atoms with E-state index < -0.39 is 37.6 Å². The number of primary amides is 1. The predicted molar refractivity (Wildman–Crippen MR) is 170 cm³/mol. The molecule has 0 aliphatic heterocycles. The summed E-state index contributed by atoms with van der Waals surface area (Å²) in [6.45, 7) is 3.67. The lowest BCUT2D eigenvalue weighted by molar-refractivity contribution is -0.143.